The molecule has 96 valence electrons. The molecule has 0 fully saturated rings. The molecule has 1 aromatic heterocycles. The van der Waals surface area contributed by atoms with E-state index in [1.54, 1.807) is 0 Å². The molecule has 1 unspecified atom stereocenters. The molecule has 3 nitrogen and oxygen atoms in total. The minimum absolute atomic E-state index is 0.427. The summed E-state index contributed by atoms with van der Waals surface area (Å²) in [6.45, 7) is 4.40. The highest BCUT2D eigenvalue weighted by molar-refractivity contribution is 7.71. The zero-order chi connectivity index (χ0) is 13.0. The number of nitrogens with zero attached hydrogens (tertiary/aromatic N) is 2. The molecule has 2 aromatic rings. The average molecular weight is 261 g/mol. The number of aromatic nitrogens is 3. The summed E-state index contributed by atoms with van der Waals surface area (Å²) in [4.78, 5) is 0. The van der Waals surface area contributed by atoms with Crippen LogP contribution < -0.4 is 0 Å². The van der Waals surface area contributed by atoms with Crippen LogP contribution >= 0.6 is 12.2 Å². The first-order valence-corrected chi connectivity index (χ1v) is 6.91. The van der Waals surface area contributed by atoms with E-state index in [2.05, 4.69) is 40.7 Å². The third-order valence-electron chi connectivity index (χ3n) is 3.19. The summed E-state index contributed by atoms with van der Waals surface area (Å²) in [5.74, 6) is 0.945. The van der Waals surface area contributed by atoms with Gasteiger partial charge in [0.2, 0.25) is 0 Å². The van der Waals surface area contributed by atoms with Gasteiger partial charge >= 0.3 is 0 Å². The molecule has 0 aliphatic rings. The molecule has 1 atom stereocenters. The summed E-state index contributed by atoms with van der Waals surface area (Å²) in [5, 5.41) is 7.31. The maximum absolute atomic E-state index is 5.37. The van der Waals surface area contributed by atoms with Crippen LogP contribution in [0.15, 0.2) is 30.3 Å². The highest BCUT2D eigenvalue weighted by Gasteiger charge is 2.15. The van der Waals surface area contributed by atoms with Crippen LogP contribution in [0.25, 0.3) is 11.4 Å². The van der Waals surface area contributed by atoms with E-state index < -0.39 is 0 Å². The summed E-state index contributed by atoms with van der Waals surface area (Å²) < 4.78 is 2.88. The predicted octanol–water partition coefficient (Wildman–Crippen LogP) is 4.36. The van der Waals surface area contributed by atoms with Crippen LogP contribution in [0.1, 0.15) is 39.2 Å². The third-order valence-corrected chi connectivity index (χ3v) is 3.48. The molecule has 0 aliphatic carbocycles. The molecule has 0 spiro atoms. The SMILES string of the molecule is CCCC(CC)n1c(-c2ccccc2)n[nH]c1=S. The smallest absolute Gasteiger partial charge is 0.195 e. The highest BCUT2D eigenvalue weighted by atomic mass is 32.1. The Morgan fingerprint density at radius 2 is 2.00 bits per heavy atom. The third kappa shape index (κ3) is 2.53. The molecule has 1 N–H and O–H groups in total. The van der Waals surface area contributed by atoms with Crippen molar-refractivity contribution in [1.29, 1.82) is 0 Å². The van der Waals surface area contributed by atoms with Crippen molar-refractivity contribution in [2.24, 2.45) is 0 Å². The lowest BCUT2D eigenvalue weighted by atomic mass is 10.1. The maximum Gasteiger partial charge on any atom is 0.195 e. The second-order valence-electron chi connectivity index (χ2n) is 4.44. The lowest BCUT2D eigenvalue weighted by molar-refractivity contribution is 0.446. The van der Waals surface area contributed by atoms with Gasteiger partial charge in [0.1, 0.15) is 0 Å². The largest absolute Gasteiger partial charge is 0.297 e. The Morgan fingerprint density at radius 1 is 1.28 bits per heavy atom. The highest BCUT2D eigenvalue weighted by Crippen LogP contribution is 2.25. The summed E-state index contributed by atoms with van der Waals surface area (Å²) in [6.07, 6.45) is 3.35. The van der Waals surface area contributed by atoms with E-state index in [9.17, 15) is 0 Å². The number of nitrogens with one attached hydrogen (secondary N) is 1. The zero-order valence-corrected chi connectivity index (χ0v) is 11.7. The number of benzene rings is 1. The van der Waals surface area contributed by atoms with Crippen LogP contribution in [0.4, 0.5) is 0 Å². The summed E-state index contributed by atoms with van der Waals surface area (Å²) in [5.41, 5.74) is 1.11. The molecule has 0 saturated heterocycles. The van der Waals surface area contributed by atoms with Gasteiger partial charge in [0, 0.05) is 11.6 Å². The van der Waals surface area contributed by atoms with Crippen molar-refractivity contribution in [1.82, 2.24) is 14.8 Å². The summed E-state index contributed by atoms with van der Waals surface area (Å²) >= 11 is 5.37. The van der Waals surface area contributed by atoms with Gasteiger partial charge in [-0.3, -0.25) is 9.67 Å². The number of hydrogen-bond acceptors (Lipinski definition) is 2. The number of rotatable bonds is 5. The van der Waals surface area contributed by atoms with E-state index in [1.807, 2.05) is 18.2 Å². The first kappa shape index (κ1) is 13.0. The van der Waals surface area contributed by atoms with Gasteiger partial charge in [-0.15, -0.1) is 0 Å². The van der Waals surface area contributed by atoms with Gasteiger partial charge in [-0.1, -0.05) is 50.6 Å². The number of H-pyrrole nitrogens is 1. The molecule has 1 heterocycles. The second kappa shape index (κ2) is 5.96. The van der Waals surface area contributed by atoms with Crippen LogP contribution in [0.3, 0.4) is 0 Å². The topological polar surface area (TPSA) is 33.6 Å². The van der Waals surface area contributed by atoms with Crippen molar-refractivity contribution in [3.8, 4) is 11.4 Å². The van der Waals surface area contributed by atoms with Crippen molar-refractivity contribution in [3.63, 3.8) is 0 Å². The first-order chi connectivity index (χ1) is 8.77. The van der Waals surface area contributed by atoms with E-state index in [1.165, 1.54) is 0 Å². The molecular weight excluding hydrogens is 242 g/mol. The molecule has 0 bridgehead atoms. The van der Waals surface area contributed by atoms with E-state index in [4.69, 9.17) is 12.2 Å². The quantitative estimate of drug-likeness (QED) is 0.811. The molecule has 18 heavy (non-hydrogen) atoms. The van der Waals surface area contributed by atoms with Crippen molar-refractivity contribution in [2.75, 3.05) is 0 Å². The average Bonchev–Trinajstić information content (AvgIpc) is 2.79. The molecule has 4 heteroatoms. The molecule has 0 radical (unpaired) electrons. The Labute approximate surface area is 113 Å². The van der Waals surface area contributed by atoms with Gasteiger partial charge in [0.05, 0.1) is 0 Å². The first-order valence-electron chi connectivity index (χ1n) is 6.50. The van der Waals surface area contributed by atoms with Crippen molar-refractivity contribution in [3.05, 3.63) is 35.1 Å². The minimum Gasteiger partial charge on any atom is -0.297 e. The fourth-order valence-electron chi connectivity index (χ4n) is 2.28. The number of hydrogen-bond donors (Lipinski definition) is 1. The van der Waals surface area contributed by atoms with Crippen LogP contribution in [0, 0.1) is 4.77 Å². The standard InChI is InChI=1S/C14H19N3S/c1-3-8-12(4-2)17-13(15-16-14(17)18)11-9-6-5-7-10-11/h5-7,9-10,12H,3-4,8H2,1-2H3,(H,16,18). The minimum atomic E-state index is 0.427. The fraction of sp³-hybridized carbons (Fsp3) is 0.429. The van der Waals surface area contributed by atoms with Gasteiger partial charge in [-0.2, -0.15) is 5.10 Å². The monoisotopic (exact) mass is 261 g/mol. The van der Waals surface area contributed by atoms with Gasteiger partial charge in [-0.25, -0.2) is 0 Å². The summed E-state index contributed by atoms with van der Waals surface area (Å²) in [6, 6.07) is 10.6. The lowest BCUT2D eigenvalue weighted by Crippen LogP contribution is -2.09. The number of aromatic amines is 1. The van der Waals surface area contributed by atoms with Gasteiger partial charge < -0.3 is 0 Å². The van der Waals surface area contributed by atoms with Crippen molar-refractivity contribution >= 4 is 12.2 Å². The predicted molar refractivity (Wildman–Crippen MR) is 77.1 cm³/mol. The maximum atomic E-state index is 5.37. The van der Waals surface area contributed by atoms with E-state index in [0.717, 1.165) is 30.7 Å². The molecule has 0 aliphatic heterocycles. The summed E-state index contributed by atoms with van der Waals surface area (Å²) in [7, 11) is 0. The Morgan fingerprint density at radius 3 is 2.61 bits per heavy atom. The second-order valence-corrected chi connectivity index (χ2v) is 4.83. The van der Waals surface area contributed by atoms with Crippen LogP contribution in [-0.4, -0.2) is 14.8 Å². The van der Waals surface area contributed by atoms with E-state index in [-0.39, 0.29) is 0 Å². The van der Waals surface area contributed by atoms with Crippen LogP contribution in [-0.2, 0) is 0 Å². The van der Waals surface area contributed by atoms with Crippen LogP contribution in [0.2, 0.25) is 0 Å². The van der Waals surface area contributed by atoms with Crippen molar-refractivity contribution < 1.29 is 0 Å². The Bertz CT molecular complexity index is 542. The Balaban J connectivity index is 2.47. The van der Waals surface area contributed by atoms with E-state index >= 15 is 0 Å². The molecular formula is C14H19N3S. The Kier molecular flexibility index (Phi) is 4.31. The normalized spacial score (nSPS) is 12.6. The van der Waals surface area contributed by atoms with E-state index in [0.29, 0.717) is 10.8 Å². The lowest BCUT2D eigenvalue weighted by Gasteiger charge is -2.17. The van der Waals surface area contributed by atoms with Gasteiger partial charge in [-0.05, 0) is 25.1 Å². The fourth-order valence-corrected chi connectivity index (χ4v) is 2.56. The van der Waals surface area contributed by atoms with Crippen LogP contribution in [0.5, 0.6) is 0 Å². The van der Waals surface area contributed by atoms with Gasteiger partial charge in [0.25, 0.3) is 0 Å². The van der Waals surface area contributed by atoms with Gasteiger partial charge in [0.15, 0.2) is 10.6 Å². The Hall–Kier alpha value is -1.42. The molecule has 1 aromatic carbocycles. The molecule has 0 saturated carbocycles. The zero-order valence-electron chi connectivity index (χ0n) is 10.9. The molecule has 0 amide bonds. The molecule has 2 rings (SSSR count). The van der Waals surface area contributed by atoms with Crippen molar-refractivity contribution in [2.45, 2.75) is 39.2 Å².